The maximum atomic E-state index is 9.52. The maximum Gasteiger partial charge on any atom is 0.0692 e. The molecule has 0 aromatic carbocycles. The first kappa shape index (κ1) is 11.9. The third-order valence-corrected chi connectivity index (χ3v) is 4.92. The van der Waals surface area contributed by atoms with Gasteiger partial charge in [-0.2, -0.15) is 5.26 Å². The molecule has 0 spiro atoms. The summed E-state index contributed by atoms with van der Waals surface area (Å²) < 4.78 is 5.46. The third kappa shape index (κ3) is 1.98. The number of rotatable bonds is 4. The van der Waals surface area contributed by atoms with Gasteiger partial charge in [0.25, 0.3) is 0 Å². The molecule has 2 aliphatic rings. The Labute approximate surface area is 99.0 Å². The molecule has 2 heteroatoms. The number of hydrogen-bond acceptors (Lipinski definition) is 2. The van der Waals surface area contributed by atoms with Crippen LogP contribution in [0.25, 0.3) is 0 Å². The maximum absolute atomic E-state index is 9.52. The summed E-state index contributed by atoms with van der Waals surface area (Å²) in [6.07, 6.45) is 7.12. The van der Waals surface area contributed by atoms with E-state index in [9.17, 15) is 5.26 Å². The van der Waals surface area contributed by atoms with Gasteiger partial charge in [0.2, 0.25) is 0 Å². The van der Waals surface area contributed by atoms with Gasteiger partial charge in [-0.05, 0) is 57.8 Å². The fourth-order valence-electron chi connectivity index (χ4n) is 3.57. The first-order valence-corrected chi connectivity index (χ1v) is 6.48. The van der Waals surface area contributed by atoms with Gasteiger partial charge >= 0.3 is 0 Å². The predicted molar refractivity (Wildman–Crippen MR) is 63.8 cm³/mol. The summed E-state index contributed by atoms with van der Waals surface area (Å²) >= 11 is 0. The standard InChI is InChI=1S/C14H23NO/c1-13(2,16-3)6-7-14(10-15)9-11-4-5-12(14)8-11/h11-12H,4-9H2,1-3H3. The number of methoxy groups -OCH3 is 1. The lowest BCUT2D eigenvalue weighted by atomic mass is 9.70. The van der Waals surface area contributed by atoms with E-state index >= 15 is 0 Å². The van der Waals surface area contributed by atoms with Crippen molar-refractivity contribution in [3.05, 3.63) is 0 Å². The molecule has 16 heavy (non-hydrogen) atoms. The van der Waals surface area contributed by atoms with Crippen molar-refractivity contribution in [1.29, 1.82) is 5.26 Å². The lowest BCUT2D eigenvalue weighted by molar-refractivity contribution is 0.00336. The highest BCUT2D eigenvalue weighted by Gasteiger charge is 2.51. The Morgan fingerprint density at radius 2 is 2.19 bits per heavy atom. The lowest BCUT2D eigenvalue weighted by Crippen LogP contribution is -2.31. The van der Waals surface area contributed by atoms with Gasteiger partial charge in [0.1, 0.15) is 0 Å². The monoisotopic (exact) mass is 221 g/mol. The Morgan fingerprint density at radius 1 is 1.44 bits per heavy atom. The van der Waals surface area contributed by atoms with Crippen LogP contribution in [0, 0.1) is 28.6 Å². The molecule has 0 saturated heterocycles. The summed E-state index contributed by atoms with van der Waals surface area (Å²) in [4.78, 5) is 0. The lowest BCUT2D eigenvalue weighted by Gasteiger charge is -2.34. The van der Waals surface area contributed by atoms with Gasteiger partial charge in [0.15, 0.2) is 0 Å². The molecule has 90 valence electrons. The molecule has 2 fully saturated rings. The molecule has 0 amide bonds. The highest BCUT2D eigenvalue weighted by molar-refractivity contribution is 5.11. The summed E-state index contributed by atoms with van der Waals surface area (Å²) in [5, 5.41) is 9.52. The van der Waals surface area contributed by atoms with Crippen LogP contribution in [0.2, 0.25) is 0 Å². The van der Waals surface area contributed by atoms with Crippen LogP contribution in [0.1, 0.15) is 52.4 Å². The second kappa shape index (κ2) is 4.04. The van der Waals surface area contributed by atoms with Gasteiger partial charge < -0.3 is 4.74 Å². The zero-order valence-electron chi connectivity index (χ0n) is 10.8. The molecule has 3 unspecified atom stereocenters. The number of hydrogen-bond donors (Lipinski definition) is 0. The van der Waals surface area contributed by atoms with Crippen LogP contribution in [0.4, 0.5) is 0 Å². The molecule has 2 aliphatic carbocycles. The largest absolute Gasteiger partial charge is 0.379 e. The van der Waals surface area contributed by atoms with Crippen molar-refractivity contribution in [2.24, 2.45) is 17.3 Å². The molecule has 0 aliphatic heterocycles. The number of ether oxygens (including phenoxy) is 1. The van der Waals surface area contributed by atoms with Gasteiger partial charge in [-0.3, -0.25) is 0 Å². The Balaban J connectivity index is 2.00. The van der Waals surface area contributed by atoms with E-state index < -0.39 is 0 Å². The molecule has 2 rings (SSSR count). The van der Waals surface area contributed by atoms with Crippen molar-refractivity contribution in [2.75, 3.05) is 7.11 Å². The van der Waals surface area contributed by atoms with Gasteiger partial charge in [-0.15, -0.1) is 0 Å². The van der Waals surface area contributed by atoms with Crippen molar-refractivity contribution >= 4 is 0 Å². The zero-order valence-corrected chi connectivity index (χ0v) is 10.8. The minimum Gasteiger partial charge on any atom is -0.379 e. The van der Waals surface area contributed by atoms with Gasteiger partial charge in [-0.1, -0.05) is 6.42 Å². The molecule has 0 aromatic heterocycles. The van der Waals surface area contributed by atoms with E-state index in [1.165, 1.54) is 19.3 Å². The van der Waals surface area contributed by atoms with E-state index in [0.717, 1.165) is 25.2 Å². The van der Waals surface area contributed by atoms with Crippen molar-refractivity contribution in [2.45, 2.75) is 58.0 Å². The zero-order chi connectivity index (χ0) is 11.8. The van der Waals surface area contributed by atoms with Crippen molar-refractivity contribution in [3.63, 3.8) is 0 Å². The minimum atomic E-state index is -0.0777. The quantitative estimate of drug-likeness (QED) is 0.727. The van der Waals surface area contributed by atoms with E-state index in [4.69, 9.17) is 4.74 Å². The van der Waals surface area contributed by atoms with Crippen LogP contribution in [-0.4, -0.2) is 12.7 Å². The fraction of sp³-hybridized carbons (Fsp3) is 0.929. The van der Waals surface area contributed by atoms with Crippen LogP contribution < -0.4 is 0 Å². The topological polar surface area (TPSA) is 33.0 Å². The summed E-state index contributed by atoms with van der Waals surface area (Å²) in [5.41, 5.74) is -0.0929. The second-order valence-corrected chi connectivity index (χ2v) is 6.31. The van der Waals surface area contributed by atoms with Crippen molar-refractivity contribution in [1.82, 2.24) is 0 Å². The third-order valence-electron chi connectivity index (χ3n) is 4.92. The molecule has 0 heterocycles. The fourth-order valence-corrected chi connectivity index (χ4v) is 3.57. The first-order chi connectivity index (χ1) is 7.51. The van der Waals surface area contributed by atoms with Gasteiger partial charge in [0, 0.05) is 7.11 Å². The Morgan fingerprint density at radius 3 is 2.62 bits per heavy atom. The molecule has 0 radical (unpaired) electrons. The highest BCUT2D eigenvalue weighted by atomic mass is 16.5. The molecule has 2 bridgehead atoms. The van der Waals surface area contributed by atoms with Crippen LogP contribution in [0.5, 0.6) is 0 Å². The molecular weight excluding hydrogens is 198 g/mol. The van der Waals surface area contributed by atoms with Crippen LogP contribution >= 0.6 is 0 Å². The van der Waals surface area contributed by atoms with Crippen LogP contribution in [0.3, 0.4) is 0 Å². The molecule has 2 nitrogen and oxygen atoms in total. The van der Waals surface area contributed by atoms with E-state index in [-0.39, 0.29) is 11.0 Å². The van der Waals surface area contributed by atoms with Crippen molar-refractivity contribution in [3.8, 4) is 6.07 Å². The summed E-state index contributed by atoms with van der Waals surface area (Å²) in [6.45, 7) is 4.23. The van der Waals surface area contributed by atoms with E-state index in [1.807, 2.05) is 0 Å². The average Bonchev–Trinajstić information content (AvgIpc) is 2.87. The molecule has 0 aromatic rings. The predicted octanol–water partition coefficient (Wildman–Crippen LogP) is 3.52. The Kier molecular flexibility index (Phi) is 3.01. The SMILES string of the molecule is COC(C)(C)CCC1(C#N)CC2CCC1C2. The molecule has 3 atom stereocenters. The Bertz CT molecular complexity index is 304. The van der Waals surface area contributed by atoms with E-state index in [0.29, 0.717) is 5.92 Å². The summed E-state index contributed by atoms with van der Waals surface area (Å²) in [6, 6.07) is 2.65. The minimum absolute atomic E-state index is 0.0152. The highest BCUT2D eigenvalue weighted by Crippen LogP contribution is 2.58. The summed E-state index contributed by atoms with van der Waals surface area (Å²) in [5.74, 6) is 1.52. The molecule has 2 saturated carbocycles. The van der Waals surface area contributed by atoms with E-state index in [1.54, 1.807) is 7.11 Å². The first-order valence-electron chi connectivity index (χ1n) is 6.48. The number of nitrogens with zero attached hydrogens (tertiary/aromatic N) is 1. The molecular formula is C14H23NO. The van der Waals surface area contributed by atoms with E-state index in [2.05, 4.69) is 19.9 Å². The van der Waals surface area contributed by atoms with Crippen LogP contribution in [0.15, 0.2) is 0 Å². The molecule has 0 N–H and O–H groups in total. The van der Waals surface area contributed by atoms with Gasteiger partial charge in [0.05, 0.1) is 17.1 Å². The second-order valence-electron chi connectivity index (χ2n) is 6.31. The van der Waals surface area contributed by atoms with Crippen LogP contribution in [-0.2, 0) is 4.74 Å². The van der Waals surface area contributed by atoms with Crippen molar-refractivity contribution < 1.29 is 4.74 Å². The normalized spacial score (nSPS) is 37.6. The number of fused-ring (bicyclic) bond motifs is 2. The van der Waals surface area contributed by atoms with Gasteiger partial charge in [-0.25, -0.2) is 0 Å². The smallest absolute Gasteiger partial charge is 0.0692 e. The summed E-state index contributed by atoms with van der Waals surface area (Å²) in [7, 11) is 1.76. The average molecular weight is 221 g/mol. The Hall–Kier alpha value is -0.550. The number of nitriles is 1.